The maximum atomic E-state index is 5.87. The lowest BCUT2D eigenvalue weighted by Crippen LogP contribution is -2.82. The molecule has 4 heteroatoms. The molecular weight excluding hydrogens is 282 g/mol. The van der Waals surface area contributed by atoms with E-state index in [2.05, 4.69) is 35.5 Å². The van der Waals surface area contributed by atoms with Gasteiger partial charge in [-0.25, -0.2) is 0 Å². The summed E-state index contributed by atoms with van der Waals surface area (Å²) in [5.74, 6) is 1.62. The number of rotatable bonds is 9. The number of hydrogen-bond donors (Lipinski definition) is 1. The molecule has 0 unspecified atom stereocenters. The Morgan fingerprint density at radius 2 is 2.14 bits per heavy atom. The molecule has 0 fully saturated rings. The smallest absolute Gasteiger partial charge is 0.161 e. The summed E-state index contributed by atoms with van der Waals surface area (Å²) in [7, 11) is 0. The van der Waals surface area contributed by atoms with Crippen LogP contribution in [0.15, 0.2) is 48.4 Å². The normalized spacial score (nSPS) is 10.3. The fraction of sp³-hybridized carbons (Fsp3) is 0.294. The van der Waals surface area contributed by atoms with E-state index in [9.17, 15) is 0 Å². The zero-order chi connectivity index (χ0) is 14.9. The summed E-state index contributed by atoms with van der Waals surface area (Å²) in [5, 5.41) is 4.25. The topological polar surface area (TPSA) is 35.1 Å². The highest BCUT2D eigenvalue weighted by atomic mass is 32.1. The molecule has 21 heavy (non-hydrogen) atoms. The predicted molar refractivity (Wildman–Crippen MR) is 87.0 cm³/mol. The molecule has 0 saturated heterocycles. The predicted octanol–water partition coefficient (Wildman–Crippen LogP) is 2.98. The average molecular weight is 304 g/mol. The third-order valence-corrected chi connectivity index (χ3v) is 3.82. The summed E-state index contributed by atoms with van der Waals surface area (Å²) < 4.78 is 11.6. The van der Waals surface area contributed by atoms with Crippen molar-refractivity contribution in [1.29, 1.82) is 0 Å². The van der Waals surface area contributed by atoms with Crippen molar-refractivity contribution in [2.75, 3.05) is 13.2 Å². The fourth-order valence-corrected chi connectivity index (χ4v) is 2.59. The third kappa shape index (κ3) is 4.92. The summed E-state index contributed by atoms with van der Waals surface area (Å²) >= 11 is 1.70. The number of hydrogen-bond acceptors (Lipinski definition) is 3. The van der Waals surface area contributed by atoms with Crippen LogP contribution in [0.1, 0.15) is 17.4 Å². The molecule has 0 amide bonds. The first-order valence-electron chi connectivity index (χ1n) is 7.17. The second kappa shape index (κ2) is 8.49. The molecule has 2 aromatic rings. The zero-order valence-electron chi connectivity index (χ0n) is 12.4. The van der Waals surface area contributed by atoms with Crippen LogP contribution in [0, 0.1) is 0 Å². The highest BCUT2D eigenvalue weighted by Gasteiger charge is 2.08. The molecule has 0 radical (unpaired) electrons. The van der Waals surface area contributed by atoms with Crippen molar-refractivity contribution < 1.29 is 14.8 Å². The Kier molecular flexibility index (Phi) is 6.31. The highest BCUT2D eigenvalue weighted by molar-refractivity contribution is 7.09. The lowest BCUT2D eigenvalue weighted by atomic mass is 10.2. The van der Waals surface area contributed by atoms with Crippen LogP contribution in [0.2, 0.25) is 0 Å². The van der Waals surface area contributed by atoms with Crippen LogP contribution in [0.25, 0.3) is 0 Å². The van der Waals surface area contributed by atoms with E-state index in [0.29, 0.717) is 13.2 Å². The van der Waals surface area contributed by atoms with Crippen LogP contribution in [-0.2, 0) is 13.2 Å². The Morgan fingerprint density at radius 3 is 2.86 bits per heavy atom. The molecule has 3 nitrogen and oxygen atoms in total. The molecule has 0 spiro atoms. The first kappa shape index (κ1) is 15.6. The lowest BCUT2D eigenvalue weighted by Gasteiger charge is -2.12. The van der Waals surface area contributed by atoms with Gasteiger partial charge in [-0.3, -0.25) is 0 Å². The van der Waals surface area contributed by atoms with Crippen LogP contribution >= 0.6 is 11.3 Å². The highest BCUT2D eigenvalue weighted by Crippen LogP contribution is 2.29. The molecule has 0 atom stereocenters. The van der Waals surface area contributed by atoms with Crippen LogP contribution in [-0.4, -0.2) is 13.2 Å². The van der Waals surface area contributed by atoms with Gasteiger partial charge in [-0.2, -0.15) is 0 Å². The minimum absolute atomic E-state index is 0.583. The van der Waals surface area contributed by atoms with Crippen LogP contribution in [0.3, 0.4) is 0 Å². The van der Waals surface area contributed by atoms with Crippen molar-refractivity contribution in [3.05, 3.63) is 58.8 Å². The Labute approximate surface area is 130 Å². The molecule has 0 aliphatic rings. The van der Waals surface area contributed by atoms with E-state index in [1.54, 1.807) is 11.3 Å². The Morgan fingerprint density at radius 1 is 1.24 bits per heavy atom. The number of ether oxygens (including phenoxy) is 2. The summed E-state index contributed by atoms with van der Waals surface area (Å²) in [5.41, 5.74) is 1.23. The first-order chi connectivity index (χ1) is 10.3. The van der Waals surface area contributed by atoms with Crippen LogP contribution in [0.4, 0.5) is 0 Å². The van der Waals surface area contributed by atoms with E-state index in [4.69, 9.17) is 9.47 Å². The van der Waals surface area contributed by atoms with Gasteiger partial charge in [0, 0.05) is 10.4 Å². The van der Waals surface area contributed by atoms with E-state index < -0.39 is 0 Å². The lowest BCUT2D eigenvalue weighted by molar-refractivity contribution is -0.662. The van der Waals surface area contributed by atoms with Crippen LogP contribution in [0.5, 0.6) is 11.5 Å². The van der Waals surface area contributed by atoms with Crippen molar-refractivity contribution in [1.82, 2.24) is 0 Å². The summed E-state index contributed by atoms with van der Waals surface area (Å²) in [6.45, 7) is 8.76. The van der Waals surface area contributed by atoms with Gasteiger partial charge in [0.25, 0.3) is 0 Å². The van der Waals surface area contributed by atoms with Crippen LogP contribution < -0.4 is 14.8 Å². The number of quaternary nitrogens is 1. The van der Waals surface area contributed by atoms with Gasteiger partial charge in [-0.1, -0.05) is 12.6 Å². The van der Waals surface area contributed by atoms with Crippen molar-refractivity contribution in [2.24, 2.45) is 0 Å². The molecular formula is C17H22NO2S+. The van der Waals surface area contributed by atoms with Gasteiger partial charge >= 0.3 is 0 Å². The Bertz CT molecular complexity index is 552. The van der Waals surface area contributed by atoms with Crippen molar-refractivity contribution in [3.63, 3.8) is 0 Å². The van der Waals surface area contributed by atoms with E-state index >= 15 is 0 Å². The van der Waals surface area contributed by atoms with E-state index in [1.165, 1.54) is 10.4 Å². The van der Waals surface area contributed by atoms with Crippen molar-refractivity contribution in [3.8, 4) is 11.5 Å². The molecule has 1 aromatic heterocycles. The average Bonchev–Trinajstić information content (AvgIpc) is 3.00. The van der Waals surface area contributed by atoms with Gasteiger partial charge in [0.05, 0.1) is 13.2 Å². The summed E-state index contributed by atoms with van der Waals surface area (Å²) in [6, 6.07) is 10.3. The Balaban J connectivity index is 2.03. The number of nitrogens with two attached hydrogens (primary N) is 1. The van der Waals surface area contributed by atoms with E-state index in [1.807, 2.05) is 25.1 Å². The van der Waals surface area contributed by atoms with Gasteiger partial charge in [0.1, 0.15) is 13.2 Å². The largest absolute Gasteiger partial charge is 0.490 e. The van der Waals surface area contributed by atoms with E-state index in [-0.39, 0.29) is 0 Å². The molecule has 0 bridgehead atoms. The SMILES string of the molecule is C=CC[NH2+]Cc1ccc(OCc2cccs2)c(OCC)c1. The number of thiophene rings is 1. The molecule has 0 aliphatic carbocycles. The number of benzene rings is 1. The second-order valence-electron chi connectivity index (χ2n) is 4.60. The molecule has 2 N–H and O–H groups in total. The quantitative estimate of drug-likeness (QED) is 0.571. The molecule has 112 valence electrons. The molecule has 2 rings (SSSR count). The maximum absolute atomic E-state index is 5.87. The minimum atomic E-state index is 0.583. The molecule has 1 heterocycles. The van der Waals surface area contributed by atoms with Crippen molar-refractivity contribution >= 4 is 11.3 Å². The van der Waals surface area contributed by atoms with Gasteiger partial charge < -0.3 is 14.8 Å². The van der Waals surface area contributed by atoms with Gasteiger partial charge in [-0.15, -0.1) is 11.3 Å². The first-order valence-corrected chi connectivity index (χ1v) is 8.05. The second-order valence-corrected chi connectivity index (χ2v) is 5.63. The van der Waals surface area contributed by atoms with Crippen molar-refractivity contribution in [2.45, 2.75) is 20.1 Å². The summed E-state index contributed by atoms with van der Waals surface area (Å²) in [4.78, 5) is 1.21. The minimum Gasteiger partial charge on any atom is -0.490 e. The maximum Gasteiger partial charge on any atom is 0.161 e. The zero-order valence-corrected chi connectivity index (χ0v) is 13.2. The van der Waals surface area contributed by atoms with E-state index in [0.717, 1.165) is 24.6 Å². The molecule has 0 aliphatic heterocycles. The monoisotopic (exact) mass is 304 g/mol. The van der Waals surface area contributed by atoms with Gasteiger partial charge in [0.15, 0.2) is 11.5 Å². The van der Waals surface area contributed by atoms with Gasteiger partial charge in [0.2, 0.25) is 0 Å². The third-order valence-electron chi connectivity index (χ3n) is 2.97. The molecule has 1 aromatic carbocycles. The van der Waals surface area contributed by atoms with Gasteiger partial charge in [-0.05, 0) is 42.6 Å². The fourth-order valence-electron chi connectivity index (χ4n) is 1.98. The molecule has 0 saturated carbocycles. The standard InChI is InChI=1S/C17H21NO2S/c1-3-9-18-12-14-7-8-16(17(11-14)19-4-2)20-13-15-6-5-10-21-15/h3,5-8,10-11,18H,1,4,9,12-13H2,2H3/p+1. The Hall–Kier alpha value is -1.78. The summed E-state index contributed by atoms with van der Waals surface area (Å²) in [6.07, 6.45) is 1.90.